The van der Waals surface area contributed by atoms with Gasteiger partial charge in [-0.1, -0.05) is 29.5 Å². The van der Waals surface area contributed by atoms with Crippen LogP contribution in [-0.2, 0) is 16.0 Å². The lowest BCUT2D eigenvalue weighted by Crippen LogP contribution is -2.46. The van der Waals surface area contributed by atoms with Gasteiger partial charge >= 0.3 is 0 Å². The van der Waals surface area contributed by atoms with Gasteiger partial charge in [0.25, 0.3) is 0 Å². The minimum absolute atomic E-state index is 0.0979. The Labute approximate surface area is 167 Å². The van der Waals surface area contributed by atoms with E-state index < -0.39 is 12.1 Å². The number of aliphatic hydroxyl groups is 1. The van der Waals surface area contributed by atoms with E-state index in [4.69, 9.17) is 16.1 Å². The van der Waals surface area contributed by atoms with Gasteiger partial charge in [0.05, 0.1) is 6.10 Å². The first kappa shape index (κ1) is 20.3. The van der Waals surface area contributed by atoms with Crippen molar-refractivity contribution >= 4 is 23.4 Å². The summed E-state index contributed by atoms with van der Waals surface area (Å²) < 4.78 is 4.97. The summed E-state index contributed by atoms with van der Waals surface area (Å²) in [4.78, 5) is 30.6. The van der Waals surface area contributed by atoms with E-state index in [-0.39, 0.29) is 37.1 Å². The standard InChI is InChI=1S/C19H23ClN4O4/c1-12-22-17(28-23-12)8-18(26)24-11-15(25)7-16(24)19(27)21-10-14-4-2-3-13(9-20)5-6-14/h2-3,5-6,15-16,25H,4,7-11H2,1H3,(H,21,27)/t15-,16+/m1/s1. The zero-order valence-electron chi connectivity index (χ0n) is 15.6. The number of alkyl halides is 1. The summed E-state index contributed by atoms with van der Waals surface area (Å²) in [6.45, 7) is 2.14. The molecule has 2 N–H and O–H groups in total. The van der Waals surface area contributed by atoms with E-state index >= 15 is 0 Å². The number of aromatic nitrogens is 2. The molecule has 1 saturated heterocycles. The van der Waals surface area contributed by atoms with Gasteiger partial charge in [0, 0.05) is 25.4 Å². The van der Waals surface area contributed by atoms with Gasteiger partial charge in [-0.3, -0.25) is 9.59 Å². The molecule has 0 spiro atoms. The van der Waals surface area contributed by atoms with Crippen molar-refractivity contribution in [3.63, 3.8) is 0 Å². The number of aryl methyl sites for hydroxylation is 1. The van der Waals surface area contributed by atoms with E-state index in [1.54, 1.807) is 6.92 Å². The predicted molar refractivity (Wildman–Crippen MR) is 103 cm³/mol. The van der Waals surface area contributed by atoms with Gasteiger partial charge in [0.1, 0.15) is 12.5 Å². The zero-order chi connectivity index (χ0) is 20.1. The summed E-state index contributed by atoms with van der Waals surface area (Å²) in [6, 6.07) is -0.720. The van der Waals surface area contributed by atoms with Crippen molar-refractivity contribution in [2.45, 2.75) is 38.3 Å². The lowest BCUT2D eigenvalue weighted by Gasteiger charge is -2.23. The fourth-order valence-electron chi connectivity index (χ4n) is 3.23. The van der Waals surface area contributed by atoms with Crippen LogP contribution >= 0.6 is 11.6 Å². The van der Waals surface area contributed by atoms with E-state index in [0.29, 0.717) is 24.7 Å². The summed E-state index contributed by atoms with van der Waals surface area (Å²) >= 11 is 5.84. The highest BCUT2D eigenvalue weighted by atomic mass is 35.5. The van der Waals surface area contributed by atoms with E-state index in [1.807, 2.05) is 24.3 Å². The van der Waals surface area contributed by atoms with Crippen molar-refractivity contribution in [2.24, 2.45) is 0 Å². The number of carbonyl (C=O) groups excluding carboxylic acids is 2. The number of β-amino-alcohol motifs (C(OH)–C–C–N with tert-alkyl or cyclic N) is 1. The molecule has 8 nitrogen and oxygen atoms in total. The Morgan fingerprint density at radius 3 is 2.96 bits per heavy atom. The number of amides is 2. The van der Waals surface area contributed by atoms with E-state index in [9.17, 15) is 14.7 Å². The minimum Gasteiger partial charge on any atom is -0.391 e. The highest BCUT2D eigenvalue weighted by Gasteiger charge is 2.39. The smallest absolute Gasteiger partial charge is 0.243 e. The van der Waals surface area contributed by atoms with Crippen molar-refractivity contribution in [2.75, 3.05) is 19.0 Å². The summed E-state index contributed by atoms with van der Waals surface area (Å²) in [6.07, 6.45) is 7.92. The van der Waals surface area contributed by atoms with Crippen LogP contribution in [0.5, 0.6) is 0 Å². The molecular weight excluding hydrogens is 384 g/mol. The van der Waals surface area contributed by atoms with Gasteiger partial charge < -0.3 is 19.8 Å². The van der Waals surface area contributed by atoms with Crippen LogP contribution in [0.25, 0.3) is 0 Å². The topological polar surface area (TPSA) is 109 Å². The summed E-state index contributed by atoms with van der Waals surface area (Å²) in [7, 11) is 0. The first-order valence-corrected chi connectivity index (χ1v) is 9.65. The first-order chi connectivity index (χ1) is 13.5. The molecule has 2 atom stereocenters. The van der Waals surface area contributed by atoms with Crippen LogP contribution in [0.4, 0.5) is 0 Å². The summed E-state index contributed by atoms with van der Waals surface area (Å²) in [5, 5.41) is 16.5. The van der Waals surface area contributed by atoms with Gasteiger partial charge in [-0.25, -0.2) is 0 Å². The average Bonchev–Trinajstić information content (AvgIpc) is 3.18. The van der Waals surface area contributed by atoms with Gasteiger partial charge in [0.2, 0.25) is 17.7 Å². The number of nitrogens with zero attached hydrogens (tertiary/aromatic N) is 3. The zero-order valence-corrected chi connectivity index (χ0v) is 16.4. The van der Waals surface area contributed by atoms with Gasteiger partial charge in [0.15, 0.2) is 5.82 Å². The van der Waals surface area contributed by atoms with Crippen molar-refractivity contribution in [3.8, 4) is 0 Å². The lowest BCUT2D eigenvalue weighted by atomic mass is 10.1. The molecule has 0 saturated carbocycles. The predicted octanol–water partition coefficient (Wildman–Crippen LogP) is 1.05. The number of aliphatic hydroxyl groups excluding tert-OH is 1. The molecule has 3 rings (SSSR count). The molecular formula is C19H23ClN4O4. The van der Waals surface area contributed by atoms with Gasteiger partial charge in [-0.15, -0.1) is 11.6 Å². The molecule has 1 aromatic rings. The largest absolute Gasteiger partial charge is 0.391 e. The quantitative estimate of drug-likeness (QED) is 0.683. The van der Waals surface area contributed by atoms with Crippen LogP contribution in [0.3, 0.4) is 0 Å². The molecule has 1 fully saturated rings. The number of nitrogens with one attached hydrogen (secondary N) is 1. The third kappa shape index (κ3) is 5.08. The van der Waals surface area contributed by atoms with Crippen LogP contribution < -0.4 is 5.32 Å². The molecule has 0 bridgehead atoms. The van der Waals surface area contributed by atoms with E-state index in [2.05, 4.69) is 15.5 Å². The molecule has 0 unspecified atom stereocenters. The Hall–Kier alpha value is -2.45. The molecule has 0 aromatic carbocycles. The highest BCUT2D eigenvalue weighted by Crippen LogP contribution is 2.20. The minimum atomic E-state index is -0.738. The Kier molecular flexibility index (Phi) is 6.64. The maximum Gasteiger partial charge on any atom is 0.243 e. The number of hydrogen-bond donors (Lipinski definition) is 2. The fraction of sp³-hybridized carbons (Fsp3) is 0.474. The lowest BCUT2D eigenvalue weighted by molar-refractivity contribution is -0.138. The number of halogens is 1. The van der Waals surface area contributed by atoms with Crippen LogP contribution in [-0.4, -0.2) is 63.1 Å². The van der Waals surface area contributed by atoms with Crippen LogP contribution in [0.2, 0.25) is 0 Å². The molecule has 1 aliphatic heterocycles. The SMILES string of the molecule is Cc1noc(CC(=O)N2C[C@H](O)C[C@H]2C(=O)NCC2=CC=C(CCl)C=CC2)n1. The second kappa shape index (κ2) is 9.16. The Balaban J connectivity index is 1.59. The maximum atomic E-state index is 12.7. The molecule has 1 aliphatic carbocycles. The molecule has 9 heteroatoms. The third-order valence-electron chi connectivity index (χ3n) is 4.66. The Bertz CT molecular complexity index is 830. The van der Waals surface area contributed by atoms with Gasteiger partial charge in [-0.05, 0) is 24.5 Å². The molecule has 2 heterocycles. The molecule has 2 aliphatic rings. The fourth-order valence-corrected chi connectivity index (χ4v) is 3.41. The average molecular weight is 407 g/mol. The number of carbonyl (C=O) groups is 2. The normalized spacial score (nSPS) is 21.9. The maximum absolute atomic E-state index is 12.7. The van der Waals surface area contributed by atoms with Crippen molar-refractivity contribution < 1.29 is 19.2 Å². The summed E-state index contributed by atoms with van der Waals surface area (Å²) in [5.41, 5.74) is 2.04. The Morgan fingerprint density at radius 2 is 2.25 bits per heavy atom. The van der Waals surface area contributed by atoms with Crippen LogP contribution in [0.1, 0.15) is 24.6 Å². The highest BCUT2D eigenvalue weighted by molar-refractivity contribution is 6.19. The second-order valence-electron chi connectivity index (χ2n) is 6.89. The van der Waals surface area contributed by atoms with Crippen LogP contribution in [0, 0.1) is 6.92 Å². The van der Waals surface area contributed by atoms with E-state index in [0.717, 1.165) is 11.1 Å². The first-order valence-electron chi connectivity index (χ1n) is 9.11. The van der Waals surface area contributed by atoms with Crippen molar-refractivity contribution in [3.05, 3.63) is 47.2 Å². The molecule has 2 amide bonds. The van der Waals surface area contributed by atoms with Gasteiger partial charge in [-0.2, -0.15) is 4.98 Å². The third-order valence-corrected chi connectivity index (χ3v) is 4.97. The van der Waals surface area contributed by atoms with E-state index in [1.165, 1.54) is 4.90 Å². The monoisotopic (exact) mass is 406 g/mol. The number of allylic oxidation sites excluding steroid dienone is 5. The molecule has 150 valence electrons. The van der Waals surface area contributed by atoms with Crippen molar-refractivity contribution in [1.82, 2.24) is 20.4 Å². The molecule has 0 radical (unpaired) electrons. The number of likely N-dealkylation sites (tertiary alicyclic amines) is 1. The number of rotatable bonds is 6. The van der Waals surface area contributed by atoms with Crippen molar-refractivity contribution in [1.29, 1.82) is 0 Å². The second-order valence-corrected chi connectivity index (χ2v) is 7.16. The number of hydrogen-bond acceptors (Lipinski definition) is 6. The summed E-state index contributed by atoms with van der Waals surface area (Å²) in [5.74, 6) is 0.452. The Morgan fingerprint density at radius 1 is 1.43 bits per heavy atom. The molecule has 1 aromatic heterocycles. The molecule has 28 heavy (non-hydrogen) atoms. The van der Waals surface area contributed by atoms with Crippen LogP contribution in [0.15, 0.2) is 40.0 Å².